The Morgan fingerprint density at radius 2 is 1.15 bits per heavy atom. The summed E-state index contributed by atoms with van der Waals surface area (Å²) in [7, 11) is 0. The lowest BCUT2D eigenvalue weighted by Gasteiger charge is -2.32. The third-order valence-electron chi connectivity index (χ3n) is 6.67. The maximum atomic E-state index is 13.6. The number of carbonyl (C=O) groups excluding carboxylic acids is 3. The van der Waals surface area contributed by atoms with Gasteiger partial charge in [-0.3, -0.25) is 19.8 Å². The van der Waals surface area contributed by atoms with Crippen molar-refractivity contribution in [1.29, 1.82) is 0 Å². The Hall–Kier alpha value is -3.99. The smallest absolute Gasteiger partial charge is 0.270 e. The second kappa shape index (κ2) is 8.51. The zero-order valence-corrected chi connectivity index (χ0v) is 18.2. The van der Waals surface area contributed by atoms with E-state index in [1.165, 1.54) is 0 Å². The summed E-state index contributed by atoms with van der Waals surface area (Å²) in [4.78, 5) is 40.2. The molecule has 164 valence electrons. The lowest BCUT2D eigenvalue weighted by molar-refractivity contribution is -0.142. The fourth-order valence-electron chi connectivity index (χ4n) is 5.03. The average molecular weight is 437 g/mol. The molecule has 3 aromatic rings. The predicted molar refractivity (Wildman–Crippen MR) is 125 cm³/mol. The first-order chi connectivity index (χ1) is 16.1. The van der Waals surface area contributed by atoms with Gasteiger partial charge in [0.1, 0.15) is 0 Å². The molecule has 5 nitrogen and oxygen atoms in total. The molecule has 33 heavy (non-hydrogen) atoms. The van der Waals surface area contributed by atoms with E-state index in [-0.39, 0.29) is 23.7 Å². The largest absolute Gasteiger partial charge is 0.272 e. The minimum absolute atomic E-state index is 0.243. The van der Waals surface area contributed by atoms with Crippen molar-refractivity contribution in [3.63, 3.8) is 0 Å². The fourth-order valence-corrected chi connectivity index (χ4v) is 5.03. The van der Waals surface area contributed by atoms with Gasteiger partial charge in [-0.15, -0.1) is 0 Å². The van der Waals surface area contributed by atoms with E-state index in [1.54, 1.807) is 12.1 Å². The summed E-state index contributed by atoms with van der Waals surface area (Å²) in [6.07, 6.45) is 4.07. The van der Waals surface area contributed by atoms with E-state index in [9.17, 15) is 14.4 Å². The molecule has 0 aromatic heterocycles. The quantitative estimate of drug-likeness (QED) is 0.488. The second-order valence-corrected chi connectivity index (χ2v) is 8.58. The molecule has 1 N–H and O–H groups in total. The molecular weight excluding hydrogens is 412 g/mol. The number of nitrogens with zero attached hydrogens (tertiary/aromatic N) is 1. The predicted octanol–water partition coefficient (Wildman–Crippen LogP) is 4.38. The number of rotatable bonds is 4. The molecule has 2 aliphatic rings. The van der Waals surface area contributed by atoms with Gasteiger partial charge in [0.25, 0.3) is 17.7 Å². The number of imide groups is 1. The standard InChI is InChI=1S/C28H24N2O3/c1-18-10-8-9-15-21(18)26(31)29-30-27(32)24-22(19-11-4-2-5-12-19)16-17-23(25(24)28(30)33)20-13-6-3-7-14-20/h2-17,22-25H,1H3,(H,29,31). The van der Waals surface area contributed by atoms with Crippen LogP contribution in [0.3, 0.4) is 0 Å². The van der Waals surface area contributed by atoms with E-state index in [4.69, 9.17) is 0 Å². The van der Waals surface area contributed by atoms with E-state index in [0.29, 0.717) is 5.56 Å². The van der Waals surface area contributed by atoms with Gasteiger partial charge < -0.3 is 0 Å². The van der Waals surface area contributed by atoms with Crippen LogP contribution in [0, 0.1) is 18.8 Å². The molecule has 0 spiro atoms. The molecule has 5 heteroatoms. The summed E-state index contributed by atoms with van der Waals surface area (Å²) < 4.78 is 0. The molecule has 1 saturated heterocycles. The summed E-state index contributed by atoms with van der Waals surface area (Å²) in [5.74, 6) is -2.87. The summed E-state index contributed by atoms with van der Waals surface area (Å²) in [6.45, 7) is 1.82. The minimum atomic E-state index is -0.590. The minimum Gasteiger partial charge on any atom is -0.272 e. The third-order valence-corrected chi connectivity index (χ3v) is 6.67. The van der Waals surface area contributed by atoms with Crippen LogP contribution in [0.4, 0.5) is 0 Å². The second-order valence-electron chi connectivity index (χ2n) is 8.58. The summed E-state index contributed by atoms with van der Waals surface area (Å²) >= 11 is 0. The molecular formula is C28H24N2O3. The highest BCUT2D eigenvalue weighted by molar-refractivity contribution is 6.09. The van der Waals surface area contributed by atoms with Gasteiger partial charge in [0.2, 0.25) is 0 Å². The van der Waals surface area contributed by atoms with Crippen molar-refractivity contribution in [3.05, 3.63) is 119 Å². The van der Waals surface area contributed by atoms with Crippen LogP contribution in [-0.2, 0) is 9.59 Å². The van der Waals surface area contributed by atoms with Crippen LogP contribution in [-0.4, -0.2) is 22.7 Å². The van der Waals surface area contributed by atoms with Gasteiger partial charge in [0.05, 0.1) is 11.8 Å². The number of nitrogens with one attached hydrogen (secondary N) is 1. The Morgan fingerprint density at radius 3 is 1.64 bits per heavy atom. The van der Waals surface area contributed by atoms with Gasteiger partial charge in [-0.1, -0.05) is 91.0 Å². The van der Waals surface area contributed by atoms with Gasteiger partial charge in [-0.2, -0.15) is 5.01 Å². The molecule has 1 aliphatic heterocycles. The molecule has 1 fully saturated rings. The van der Waals surface area contributed by atoms with E-state index in [0.717, 1.165) is 21.7 Å². The van der Waals surface area contributed by atoms with Crippen molar-refractivity contribution in [2.24, 2.45) is 11.8 Å². The first kappa shape index (κ1) is 20.9. The van der Waals surface area contributed by atoms with Crippen molar-refractivity contribution in [2.45, 2.75) is 18.8 Å². The van der Waals surface area contributed by atoms with Gasteiger partial charge >= 0.3 is 0 Å². The number of amides is 3. The molecule has 1 aliphatic carbocycles. The first-order valence-corrected chi connectivity index (χ1v) is 11.1. The summed E-state index contributed by atoms with van der Waals surface area (Å²) in [5, 5.41) is 0.947. The zero-order chi connectivity index (χ0) is 22.9. The van der Waals surface area contributed by atoms with Crippen LogP contribution >= 0.6 is 0 Å². The fraction of sp³-hybridized carbons (Fsp3) is 0.179. The van der Waals surface area contributed by atoms with E-state index in [2.05, 4.69) is 5.43 Å². The summed E-state index contributed by atoms with van der Waals surface area (Å²) in [6, 6.07) is 26.6. The first-order valence-electron chi connectivity index (χ1n) is 11.1. The van der Waals surface area contributed by atoms with Crippen LogP contribution in [0.5, 0.6) is 0 Å². The Morgan fingerprint density at radius 1 is 0.697 bits per heavy atom. The molecule has 3 amide bonds. The molecule has 0 bridgehead atoms. The van der Waals surface area contributed by atoms with E-state index >= 15 is 0 Å². The Balaban J connectivity index is 1.53. The molecule has 4 unspecified atom stereocenters. The average Bonchev–Trinajstić information content (AvgIpc) is 3.10. The van der Waals surface area contributed by atoms with Crippen molar-refractivity contribution in [1.82, 2.24) is 10.4 Å². The molecule has 0 radical (unpaired) electrons. The van der Waals surface area contributed by atoms with Crippen LogP contribution in [0.1, 0.15) is 38.9 Å². The highest BCUT2D eigenvalue weighted by atomic mass is 16.2. The van der Waals surface area contributed by atoms with Crippen molar-refractivity contribution < 1.29 is 14.4 Å². The highest BCUT2D eigenvalue weighted by Gasteiger charge is 2.55. The van der Waals surface area contributed by atoms with Crippen molar-refractivity contribution >= 4 is 17.7 Å². The number of fused-ring (bicyclic) bond motifs is 1. The van der Waals surface area contributed by atoms with E-state index in [1.807, 2.05) is 91.9 Å². The Bertz CT molecular complexity index is 1170. The number of aryl methyl sites for hydroxylation is 1. The van der Waals surface area contributed by atoms with Crippen LogP contribution in [0.2, 0.25) is 0 Å². The van der Waals surface area contributed by atoms with E-state index < -0.39 is 17.7 Å². The lowest BCUT2D eigenvalue weighted by Crippen LogP contribution is -2.47. The Kier molecular flexibility index (Phi) is 5.38. The lowest BCUT2D eigenvalue weighted by atomic mass is 9.68. The van der Waals surface area contributed by atoms with Crippen molar-refractivity contribution in [3.8, 4) is 0 Å². The topological polar surface area (TPSA) is 66.5 Å². The highest BCUT2D eigenvalue weighted by Crippen LogP contribution is 2.48. The number of carbonyl (C=O) groups is 3. The monoisotopic (exact) mass is 436 g/mol. The van der Waals surface area contributed by atoms with Gasteiger partial charge in [-0.05, 0) is 29.7 Å². The number of hydrogen-bond donors (Lipinski definition) is 1. The van der Waals surface area contributed by atoms with Gasteiger partial charge in [0.15, 0.2) is 0 Å². The summed E-state index contributed by atoms with van der Waals surface area (Å²) in [5.41, 5.74) is 5.77. The maximum absolute atomic E-state index is 13.6. The molecule has 5 rings (SSSR count). The van der Waals surface area contributed by atoms with Crippen LogP contribution in [0.15, 0.2) is 97.1 Å². The number of benzene rings is 3. The molecule has 0 saturated carbocycles. The molecule has 4 atom stereocenters. The number of hydrogen-bond acceptors (Lipinski definition) is 3. The van der Waals surface area contributed by atoms with Crippen molar-refractivity contribution in [2.75, 3.05) is 0 Å². The number of hydrazine groups is 1. The number of allylic oxidation sites excluding steroid dienone is 2. The third kappa shape index (κ3) is 3.65. The molecule has 1 heterocycles. The van der Waals surface area contributed by atoms with Crippen LogP contribution < -0.4 is 5.43 Å². The normalized spacial score (nSPS) is 24.0. The molecule has 3 aromatic carbocycles. The Labute approximate surface area is 192 Å². The zero-order valence-electron chi connectivity index (χ0n) is 18.2. The maximum Gasteiger partial charge on any atom is 0.270 e. The van der Waals surface area contributed by atoms with Gasteiger partial charge in [0, 0.05) is 17.4 Å². The van der Waals surface area contributed by atoms with Gasteiger partial charge in [-0.25, -0.2) is 0 Å². The van der Waals surface area contributed by atoms with Crippen LogP contribution in [0.25, 0.3) is 0 Å². The SMILES string of the molecule is Cc1ccccc1C(=O)NN1C(=O)C2C(c3ccccc3)C=CC(c3ccccc3)C2C1=O.